The summed E-state index contributed by atoms with van der Waals surface area (Å²) >= 11 is 6.18. The average Bonchev–Trinajstić information content (AvgIpc) is 2.42. The molecule has 3 nitrogen and oxygen atoms in total. The molecule has 1 aromatic rings. The van der Waals surface area contributed by atoms with Crippen molar-refractivity contribution in [1.82, 2.24) is 5.32 Å². The fourth-order valence-electron chi connectivity index (χ4n) is 1.96. The van der Waals surface area contributed by atoms with Crippen LogP contribution < -0.4 is 10.1 Å². The van der Waals surface area contributed by atoms with Gasteiger partial charge in [-0.15, -0.1) is 0 Å². The van der Waals surface area contributed by atoms with E-state index >= 15 is 0 Å². The molecular weight excluding hydrogens is 250 g/mol. The van der Waals surface area contributed by atoms with E-state index in [1.165, 1.54) is 0 Å². The Labute approximate surface area is 114 Å². The van der Waals surface area contributed by atoms with Crippen LogP contribution in [0.25, 0.3) is 0 Å². The van der Waals surface area contributed by atoms with E-state index in [1.54, 1.807) is 7.11 Å². The summed E-state index contributed by atoms with van der Waals surface area (Å²) in [5.41, 5.74) is 0.686. The molecule has 0 aliphatic carbocycles. The fourth-order valence-corrected chi connectivity index (χ4v) is 2.19. The maximum Gasteiger partial charge on any atom is 0.124 e. The van der Waals surface area contributed by atoms with E-state index in [2.05, 4.69) is 19.2 Å². The van der Waals surface area contributed by atoms with Gasteiger partial charge in [0.15, 0.2) is 0 Å². The summed E-state index contributed by atoms with van der Waals surface area (Å²) in [5, 5.41) is 13.6. The third kappa shape index (κ3) is 3.37. The molecule has 0 atom stereocenters. The molecule has 0 radical (unpaired) electrons. The van der Waals surface area contributed by atoms with Gasteiger partial charge < -0.3 is 15.2 Å². The smallest absolute Gasteiger partial charge is 0.124 e. The van der Waals surface area contributed by atoms with E-state index in [1.807, 2.05) is 18.2 Å². The lowest BCUT2D eigenvalue weighted by Crippen LogP contribution is -2.47. The number of hydrogen-bond donors (Lipinski definition) is 2. The Kier molecular flexibility index (Phi) is 5.93. The lowest BCUT2D eigenvalue weighted by molar-refractivity contribution is 0.149. The van der Waals surface area contributed by atoms with Crippen molar-refractivity contribution in [3.63, 3.8) is 0 Å². The Balaban J connectivity index is 2.85. The Morgan fingerprint density at radius 1 is 1.33 bits per heavy atom. The third-order valence-electron chi connectivity index (χ3n) is 3.59. The molecule has 0 unspecified atom stereocenters. The lowest BCUT2D eigenvalue weighted by Gasteiger charge is -2.31. The molecule has 102 valence electrons. The predicted molar refractivity (Wildman–Crippen MR) is 75.2 cm³/mol. The van der Waals surface area contributed by atoms with Crippen LogP contribution in [0.5, 0.6) is 5.75 Å². The quantitative estimate of drug-likeness (QED) is 0.801. The van der Waals surface area contributed by atoms with Crippen LogP contribution in [0, 0.1) is 0 Å². The molecule has 1 aromatic carbocycles. The first kappa shape index (κ1) is 15.3. The zero-order valence-corrected chi connectivity index (χ0v) is 12.0. The number of nitrogens with one attached hydrogen (secondary N) is 1. The minimum atomic E-state index is -0.246. The number of aliphatic hydroxyl groups excluding tert-OH is 1. The van der Waals surface area contributed by atoms with Gasteiger partial charge in [0.1, 0.15) is 5.75 Å². The molecule has 0 saturated carbocycles. The first-order valence-corrected chi connectivity index (χ1v) is 6.67. The molecule has 0 spiro atoms. The van der Waals surface area contributed by atoms with E-state index in [-0.39, 0.29) is 12.1 Å². The van der Waals surface area contributed by atoms with Gasteiger partial charge in [-0.25, -0.2) is 0 Å². The topological polar surface area (TPSA) is 41.5 Å². The first-order chi connectivity index (χ1) is 8.62. The Morgan fingerprint density at radius 3 is 2.50 bits per heavy atom. The van der Waals surface area contributed by atoms with Gasteiger partial charge in [-0.2, -0.15) is 0 Å². The van der Waals surface area contributed by atoms with Gasteiger partial charge in [0.2, 0.25) is 0 Å². The second kappa shape index (κ2) is 6.98. The second-order valence-electron chi connectivity index (χ2n) is 4.42. The standard InChI is InChI=1S/C14H22ClNO2/c1-4-14(5-2,10-17)16-9-11-12(15)7-6-8-13(11)18-3/h6-8,16-17H,4-5,9-10H2,1-3H3. The third-order valence-corrected chi connectivity index (χ3v) is 3.95. The van der Waals surface area contributed by atoms with Crippen LogP contribution >= 0.6 is 11.6 Å². The van der Waals surface area contributed by atoms with Gasteiger partial charge in [0.05, 0.1) is 13.7 Å². The van der Waals surface area contributed by atoms with Gasteiger partial charge >= 0.3 is 0 Å². The number of ether oxygens (including phenoxy) is 1. The number of halogens is 1. The molecule has 0 amide bonds. The normalized spacial score (nSPS) is 11.6. The molecule has 4 heteroatoms. The molecule has 0 bridgehead atoms. The summed E-state index contributed by atoms with van der Waals surface area (Å²) in [6, 6.07) is 5.60. The van der Waals surface area contributed by atoms with Gasteiger partial charge in [0, 0.05) is 22.7 Å². The zero-order chi connectivity index (χ0) is 13.6. The molecule has 0 aliphatic rings. The molecule has 0 aliphatic heterocycles. The van der Waals surface area contributed by atoms with Gasteiger partial charge in [-0.1, -0.05) is 31.5 Å². The van der Waals surface area contributed by atoms with Crippen molar-refractivity contribution < 1.29 is 9.84 Å². The minimum Gasteiger partial charge on any atom is -0.496 e. The average molecular weight is 272 g/mol. The molecule has 0 heterocycles. The summed E-state index contributed by atoms with van der Waals surface area (Å²) in [4.78, 5) is 0. The molecular formula is C14H22ClNO2. The van der Waals surface area contributed by atoms with E-state index in [4.69, 9.17) is 16.3 Å². The Hall–Kier alpha value is -0.770. The van der Waals surface area contributed by atoms with Crippen molar-refractivity contribution in [2.75, 3.05) is 13.7 Å². The van der Waals surface area contributed by atoms with E-state index in [0.29, 0.717) is 11.6 Å². The van der Waals surface area contributed by atoms with Crippen LogP contribution in [0.3, 0.4) is 0 Å². The summed E-state index contributed by atoms with van der Waals surface area (Å²) < 4.78 is 5.31. The highest BCUT2D eigenvalue weighted by molar-refractivity contribution is 6.31. The highest BCUT2D eigenvalue weighted by Crippen LogP contribution is 2.27. The van der Waals surface area contributed by atoms with Crippen molar-refractivity contribution in [1.29, 1.82) is 0 Å². The van der Waals surface area contributed by atoms with Crippen LogP contribution in [0.15, 0.2) is 18.2 Å². The monoisotopic (exact) mass is 271 g/mol. The Morgan fingerprint density at radius 2 is 2.00 bits per heavy atom. The summed E-state index contributed by atoms with van der Waals surface area (Å²) in [7, 11) is 1.63. The maximum absolute atomic E-state index is 9.52. The predicted octanol–water partition coefficient (Wildman–Crippen LogP) is 2.99. The molecule has 0 aromatic heterocycles. The number of rotatable bonds is 7. The number of benzene rings is 1. The van der Waals surface area contributed by atoms with Crippen molar-refractivity contribution in [2.45, 2.75) is 38.8 Å². The number of aliphatic hydroxyl groups is 1. The SMILES string of the molecule is CCC(CC)(CO)NCc1c(Cl)cccc1OC. The molecule has 0 saturated heterocycles. The molecule has 0 fully saturated rings. The second-order valence-corrected chi connectivity index (χ2v) is 4.83. The Bertz CT molecular complexity index is 370. The molecule has 1 rings (SSSR count). The summed E-state index contributed by atoms with van der Waals surface area (Å²) in [6.45, 7) is 4.84. The number of hydrogen-bond acceptors (Lipinski definition) is 3. The van der Waals surface area contributed by atoms with Crippen LogP contribution in [0.4, 0.5) is 0 Å². The van der Waals surface area contributed by atoms with Crippen LogP contribution in [0.1, 0.15) is 32.3 Å². The highest BCUT2D eigenvalue weighted by atomic mass is 35.5. The van der Waals surface area contributed by atoms with E-state index < -0.39 is 0 Å². The summed E-state index contributed by atoms with van der Waals surface area (Å²) in [5.74, 6) is 0.772. The zero-order valence-electron chi connectivity index (χ0n) is 11.3. The van der Waals surface area contributed by atoms with Crippen molar-refractivity contribution >= 4 is 11.6 Å². The van der Waals surface area contributed by atoms with Crippen LogP contribution in [0.2, 0.25) is 5.02 Å². The van der Waals surface area contributed by atoms with Gasteiger partial charge in [-0.3, -0.25) is 0 Å². The maximum atomic E-state index is 9.52. The van der Waals surface area contributed by atoms with Gasteiger partial charge in [-0.05, 0) is 25.0 Å². The van der Waals surface area contributed by atoms with Crippen LogP contribution in [-0.2, 0) is 6.54 Å². The minimum absolute atomic E-state index is 0.118. The highest BCUT2D eigenvalue weighted by Gasteiger charge is 2.24. The van der Waals surface area contributed by atoms with Crippen molar-refractivity contribution in [2.24, 2.45) is 0 Å². The van der Waals surface area contributed by atoms with E-state index in [0.717, 1.165) is 24.2 Å². The largest absolute Gasteiger partial charge is 0.496 e. The van der Waals surface area contributed by atoms with Crippen LogP contribution in [-0.4, -0.2) is 24.4 Å². The first-order valence-electron chi connectivity index (χ1n) is 6.29. The lowest BCUT2D eigenvalue weighted by atomic mass is 9.93. The van der Waals surface area contributed by atoms with Crippen molar-refractivity contribution in [3.05, 3.63) is 28.8 Å². The number of methoxy groups -OCH3 is 1. The summed E-state index contributed by atoms with van der Waals surface area (Å²) in [6.07, 6.45) is 1.74. The van der Waals surface area contributed by atoms with E-state index in [9.17, 15) is 5.11 Å². The molecule has 2 N–H and O–H groups in total. The van der Waals surface area contributed by atoms with Crippen molar-refractivity contribution in [3.8, 4) is 5.75 Å². The molecule has 18 heavy (non-hydrogen) atoms. The van der Waals surface area contributed by atoms with Gasteiger partial charge in [0.25, 0.3) is 0 Å². The fraction of sp³-hybridized carbons (Fsp3) is 0.571.